The number of aryl methyl sites for hydroxylation is 1. The molecule has 0 bridgehead atoms. The molecule has 0 atom stereocenters. The average Bonchev–Trinajstić information content (AvgIpc) is 2.83. The van der Waals surface area contributed by atoms with Gasteiger partial charge in [-0.2, -0.15) is 0 Å². The highest BCUT2D eigenvalue weighted by Gasteiger charge is 2.16. The number of hydrogen-bond acceptors (Lipinski definition) is 6. The molecule has 0 aliphatic carbocycles. The van der Waals surface area contributed by atoms with E-state index in [1.807, 2.05) is 19.1 Å². The molecule has 172 valence electrons. The van der Waals surface area contributed by atoms with Crippen molar-refractivity contribution < 1.29 is 14.3 Å². The van der Waals surface area contributed by atoms with Crippen molar-refractivity contribution in [1.29, 1.82) is 0 Å². The first-order valence-corrected chi connectivity index (χ1v) is 10.6. The number of anilines is 3. The zero-order chi connectivity index (χ0) is 24.2. The fourth-order valence-corrected chi connectivity index (χ4v) is 3.55. The van der Waals surface area contributed by atoms with Gasteiger partial charge in [0.15, 0.2) is 0 Å². The number of carbonyl (C=O) groups excluding carboxylic acids is 1. The number of hydrogen-bond donors (Lipinski definition) is 3. The summed E-state index contributed by atoms with van der Waals surface area (Å²) in [7, 11) is 1.74. The Morgan fingerprint density at radius 2 is 1.94 bits per heavy atom. The molecule has 0 saturated carbocycles. The monoisotopic (exact) mass is 457 g/mol. The Hall–Kier alpha value is -4.46. The van der Waals surface area contributed by atoms with E-state index in [0.29, 0.717) is 22.6 Å². The number of halogens is 1. The number of nitrogens with zero attached hydrogens (tertiary/aromatic N) is 3. The van der Waals surface area contributed by atoms with Crippen LogP contribution in [0.5, 0.6) is 5.75 Å². The molecule has 0 unspecified atom stereocenters. The van der Waals surface area contributed by atoms with E-state index in [4.69, 9.17) is 5.73 Å². The molecule has 4 N–H and O–H groups in total. The van der Waals surface area contributed by atoms with E-state index in [1.54, 1.807) is 60.6 Å². The molecule has 8 heteroatoms. The molecule has 2 heterocycles. The van der Waals surface area contributed by atoms with Crippen molar-refractivity contribution in [3.05, 3.63) is 95.6 Å². The SMILES string of the molecule is Cc1ccc(N(C)c2ccc(O)c(-c3ccc(C(=O)NCc4ccccn4)c(N)n3)c2)c(F)c1. The lowest BCUT2D eigenvalue weighted by atomic mass is 10.1. The van der Waals surface area contributed by atoms with Crippen molar-refractivity contribution in [2.24, 2.45) is 0 Å². The zero-order valence-corrected chi connectivity index (χ0v) is 18.8. The molecule has 34 heavy (non-hydrogen) atoms. The van der Waals surface area contributed by atoms with Gasteiger partial charge < -0.3 is 21.1 Å². The highest BCUT2D eigenvalue weighted by molar-refractivity contribution is 5.98. The topological polar surface area (TPSA) is 104 Å². The van der Waals surface area contributed by atoms with Gasteiger partial charge in [0.1, 0.15) is 17.4 Å². The van der Waals surface area contributed by atoms with Crippen molar-refractivity contribution in [1.82, 2.24) is 15.3 Å². The van der Waals surface area contributed by atoms with E-state index < -0.39 is 0 Å². The molecule has 1 amide bonds. The first-order valence-electron chi connectivity index (χ1n) is 10.6. The molecular formula is C26H24FN5O2. The van der Waals surface area contributed by atoms with Gasteiger partial charge in [-0.05, 0) is 67.1 Å². The Balaban J connectivity index is 1.58. The Kier molecular flexibility index (Phi) is 6.40. The Labute approximate surface area is 196 Å². The third-order valence-corrected chi connectivity index (χ3v) is 5.43. The first-order chi connectivity index (χ1) is 16.3. The number of rotatable bonds is 6. The number of nitrogen functional groups attached to an aromatic ring is 1. The summed E-state index contributed by atoms with van der Waals surface area (Å²) in [4.78, 5) is 22.7. The van der Waals surface area contributed by atoms with E-state index in [2.05, 4.69) is 15.3 Å². The standard InChI is InChI=1S/C26H24FN5O2/c1-16-6-10-23(21(27)13-16)32(2)18-7-11-24(33)20(14-18)22-9-8-19(25(28)31-22)26(34)30-15-17-5-3-4-12-29-17/h3-14,33H,15H2,1-2H3,(H2,28,31)(H,30,34). The minimum Gasteiger partial charge on any atom is -0.507 e. The van der Waals surface area contributed by atoms with Crippen LogP contribution in [0.15, 0.2) is 72.9 Å². The number of nitrogens with one attached hydrogen (secondary N) is 1. The summed E-state index contributed by atoms with van der Waals surface area (Å²) in [6.07, 6.45) is 1.65. The molecule has 0 saturated heterocycles. The van der Waals surface area contributed by atoms with Crippen molar-refractivity contribution in [2.45, 2.75) is 13.5 Å². The van der Waals surface area contributed by atoms with Gasteiger partial charge >= 0.3 is 0 Å². The predicted molar refractivity (Wildman–Crippen MR) is 130 cm³/mol. The molecule has 0 fully saturated rings. The van der Waals surface area contributed by atoms with Crippen molar-refractivity contribution >= 4 is 23.1 Å². The van der Waals surface area contributed by atoms with E-state index in [0.717, 1.165) is 11.3 Å². The third-order valence-electron chi connectivity index (χ3n) is 5.43. The van der Waals surface area contributed by atoms with Gasteiger partial charge in [-0.1, -0.05) is 12.1 Å². The van der Waals surface area contributed by atoms with Crippen LogP contribution in [-0.2, 0) is 6.54 Å². The van der Waals surface area contributed by atoms with Crippen LogP contribution in [0.25, 0.3) is 11.3 Å². The smallest absolute Gasteiger partial charge is 0.255 e. The Bertz CT molecular complexity index is 1340. The summed E-state index contributed by atoms with van der Waals surface area (Å²) in [6.45, 7) is 2.08. The summed E-state index contributed by atoms with van der Waals surface area (Å²) >= 11 is 0. The minimum atomic E-state index is -0.380. The zero-order valence-electron chi connectivity index (χ0n) is 18.8. The molecule has 4 rings (SSSR count). The number of aromatic hydroxyl groups is 1. The first kappa shape index (κ1) is 22.7. The number of benzene rings is 2. The summed E-state index contributed by atoms with van der Waals surface area (Å²) in [5.41, 5.74) is 9.67. The number of aromatic nitrogens is 2. The van der Waals surface area contributed by atoms with Crippen LogP contribution in [0.1, 0.15) is 21.6 Å². The number of phenolic OH excluding ortho intramolecular Hbond substituents is 1. The van der Waals surface area contributed by atoms with Crippen LogP contribution in [0.2, 0.25) is 0 Å². The van der Waals surface area contributed by atoms with Gasteiger partial charge in [0.25, 0.3) is 5.91 Å². The van der Waals surface area contributed by atoms with Crippen LogP contribution in [0, 0.1) is 12.7 Å². The summed E-state index contributed by atoms with van der Waals surface area (Å²) in [6, 6.07) is 18.5. The maximum absolute atomic E-state index is 14.5. The van der Waals surface area contributed by atoms with E-state index >= 15 is 0 Å². The van der Waals surface area contributed by atoms with Gasteiger partial charge in [0.05, 0.1) is 29.2 Å². The number of pyridine rings is 2. The quantitative estimate of drug-likeness (QED) is 0.392. The van der Waals surface area contributed by atoms with Crippen LogP contribution in [0.3, 0.4) is 0 Å². The highest BCUT2D eigenvalue weighted by atomic mass is 19.1. The summed E-state index contributed by atoms with van der Waals surface area (Å²) < 4.78 is 14.5. The maximum Gasteiger partial charge on any atom is 0.255 e. The normalized spacial score (nSPS) is 10.7. The van der Waals surface area contributed by atoms with Crippen LogP contribution in [0.4, 0.5) is 21.6 Å². The number of carbonyl (C=O) groups is 1. The van der Waals surface area contributed by atoms with Crippen molar-refractivity contribution in [3.63, 3.8) is 0 Å². The number of phenols is 1. The van der Waals surface area contributed by atoms with Crippen LogP contribution < -0.4 is 16.0 Å². The maximum atomic E-state index is 14.5. The van der Waals surface area contributed by atoms with Crippen LogP contribution >= 0.6 is 0 Å². The van der Waals surface area contributed by atoms with E-state index in [-0.39, 0.29) is 35.4 Å². The lowest BCUT2D eigenvalue weighted by molar-refractivity contribution is 0.0951. The van der Waals surface area contributed by atoms with Gasteiger partial charge in [-0.3, -0.25) is 9.78 Å². The number of nitrogens with two attached hydrogens (primary N) is 1. The molecule has 0 aliphatic heterocycles. The lowest BCUT2D eigenvalue weighted by Gasteiger charge is -2.21. The minimum absolute atomic E-state index is 0.0132. The van der Waals surface area contributed by atoms with Crippen LogP contribution in [-0.4, -0.2) is 28.0 Å². The molecule has 0 aliphatic rings. The number of amides is 1. The second-order valence-electron chi connectivity index (χ2n) is 7.85. The highest BCUT2D eigenvalue weighted by Crippen LogP contribution is 2.35. The second kappa shape index (κ2) is 9.58. The molecule has 2 aromatic carbocycles. The van der Waals surface area contributed by atoms with E-state index in [1.165, 1.54) is 12.1 Å². The average molecular weight is 458 g/mol. The van der Waals surface area contributed by atoms with Crippen molar-refractivity contribution in [2.75, 3.05) is 17.7 Å². The molecular weight excluding hydrogens is 433 g/mol. The van der Waals surface area contributed by atoms with Gasteiger partial charge in [0, 0.05) is 24.5 Å². The Morgan fingerprint density at radius 1 is 1.12 bits per heavy atom. The summed E-state index contributed by atoms with van der Waals surface area (Å²) in [5.74, 6) is -0.713. The van der Waals surface area contributed by atoms with E-state index in [9.17, 15) is 14.3 Å². The lowest BCUT2D eigenvalue weighted by Crippen LogP contribution is -2.24. The molecule has 2 aromatic heterocycles. The molecule has 7 nitrogen and oxygen atoms in total. The summed E-state index contributed by atoms with van der Waals surface area (Å²) in [5, 5.41) is 13.2. The molecule has 4 aromatic rings. The molecule has 0 spiro atoms. The largest absolute Gasteiger partial charge is 0.507 e. The van der Waals surface area contributed by atoms with Crippen molar-refractivity contribution in [3.8, 4) is 17.0 Å². The second-order valence-corrected chi connectivity index (χ2v) is 7.85. The molecule has 0 radical (unpaired) electrons. The fraction of sp³-hybridized carbons (Fsp3) is 0.115. The van der Waals surface area contributed by atoms with Gasteiger partial charge in [-0.25, -0.2) is 9.37 Å². The fourth-order valence-electron chi connectivity index (χ4n) is 3.55. The van der Waals surface area contributed by atoms with Gasteiger partial charge in [-0.15, -0.1) is 0 Å². The third kappa shape index (κ3) is 4.80. The predicted octanol–water partition coefficient (Wildman–Crippen LogP) is 4.58. The van der Waals surface area contributed by atoms with Gasteiger partial charge in [0.2, 0.25) is 0 Å². The Morgan fingerprint density at radius 3 is 2.65 bits per heavy atom.